The van der Waals surface area contributed by atoms with Crippen molar-refractivity contribution < 1.29 is 14.6 Å². The fraction of sp³-hybridized carbons (Fsp3) is 0.158. The normalized spacial score (nSPS) is 11.4. The van der Waals surface area contributed by atoms with Gasteiger partial charge in [0, 0.05) is 0 Å². The number of nitriles is 1. The summed E-state index contributed by atoms with van der Waals surface area (Å²) in [5.41, 5.74) is 3.79. The number of hydrogen-bond acceptors (Lipinski definition) is 5. The summed E-state index contributed by atoms with van der Waals surface area (Å²) in [5, 5.41) is 19.5. The van der Waals surface area contributed by atoms with Crippen LogP contribution in [0.5, 0.6) is 17.2 Å². The Balaban J connectivity index is 2.09. The number of ether oxygens (including phenoxy) is 2. The number of aromatic hydroxyl groups is 1. The van der Waals surface area contributed by atoms with Crippen LogP contribution in [0, 0.1) is 18.3 Å². The van der Waals surface area contributed by atoms with E-state index < -0.39 is 0 Å². The van der Waals surface area contributed by atoms with Gasteiger partial charge in [0.15, 0.2) is 11.5 Å². The summed E-state index contributed by atoms with van der Waals surface area (Å²) < 4.78 is 10.3. The lowest BCUT2D eigenvalue weighted by molar-refractivity contribution is 0.340. The molecule has 0 aliphatic rings. The summed E-state index contributed by atoms with van der Waals surface area (Å²) in [7, 11) is 2.91. The van der Waals surface area contributed by atoms with Crippen LogP contribution in [-0.2, 0) is 0 Å². The molecule has 0 atom stereocenters. The third-order valence-corrected chi connectivity index (χ3v) is 3.83. The molecule has 0 radical (unpaired) electrons. The molecule has 0 amide bonds. The molecule has 0 spiro atoms. The van der Waals surface area contributed by atoms with Crippen molar-refractivity contribution in [2.75, 3.05) is 14.2 Å². The number of nitrogens with one attached hydrogen (secondary N) is 1. The quantitative estimate of drug-likeness (QED) is 0.710. The summed E-state index contributed by atoms with van der Waals surface area (Å²) in [4.78, 5) is 7.63. The molecule has 3 rings (SSSR count). The average Bonchev–Trinajstić information content (AvgIpc) is 3.03. The van der Waals surface area contributed by atoms with Crippen molar-refractivity contribution >= 4 is 22.7 Å². The number of hydrogen-bond donors (Lipinski definition) is 2. The smallest absolute Gasteiger partial charge is 0.200 e. The predicted molar refractivity (Wildman–Crippen MR) is 95.5 cm³/mol. The number of fused-ring (bicyclic) bond motifs is 1. The minimum atomic E-state index is -0.0835. The van der Waals surface area contributed by atoms with Crippen LogP contribution in [0.25, 0.3) is 22.7 Å². The highest BCUT2D eigenvalue weighted by atomic mass is 16.5. The summed E-state index contributed by atoms with van der Waals surface area (Å²) in [6.07, 6.45) is 1.66. The Morgan fingerprint density at radius 3 is 2.48 bits per heavy atom. The summed E-state index contributed by atoms with van der Waals surface area (Å²) >= 11 is 0. The molecule has 2 N–H and O–H groups in total. The van der Waals surface area contributed by atoms with Gasteiger partial charge in [-0.1, -0.05) is 6.07 Å². The molecular weight excluding hydrogens is 318 g/mol. The summed E-state index contributed by atoms with van der Waals surface area (Å²) in [6.45, 7) is 2.00. The molecule has 0 saturated carbocycles. The number of phenolic OH excluding ortho intramolecular Hbond substituents is 1. The van der Waals surface area contributed by atoms with Crippen molar-refractivity contribution in [3.63, 3.8) is 0 Å². The first-order chi connectivity index (χ1) is 12.0. The standard InChI is InChI=1S/C19H17N3O3/c1-11-4-5-14-15(6-11)22-19(21-14)13(10-20)7-12-8-16(24-2)18(23)17(9-12)25-3/h4-9,23H,1-3H3,(H,21,22)/b13-7-. The SMILES string of the molecule is COc1cc(/C=C(/C#N)c2nc3ccc(C)cc3[nH]2)cc(OC)c1O. The van der Waals surface area contributed by atoms with Crippen LogP contribution in [0.15, 0.2) is 30.3 Å². The lowest BCUT2D eigenvalue weighted by Crippen LogP contribution is -1.91. The molecular formula is C19H17N3O3. The molecule has 0 fully saturated rings. The van der Waals surface area contributed by atoms with Crippen LogP contribution in [0.3, 0.4) is 0 Å². The van der Waals surface area contributed by atoms with Crippen molar-refractivity contribution in [2.45, 2.75) is 6.92 Å². The minimum absolute atomic E-state index is 0.0835. The van der Waals surface area contributed by atoms with Crippen molar-refractivity contribution in [1.29, 1.82) is 5.26 Å². The van der Waals surface area contributed by atoms with Crippen molar-refractivity contribution in [3.05, 3.63) is 47.3 Å². The van der Waals surface area contributed by atoms with Gasteiger partial charge < -0.3 is 19.6 Å². The van der Waals surface area contributed by atoms with E-state index in [1.54, 1.807) is 18.2 Å². The summed E-state index contributed by atoms with van der Waals surface area (Å²) in [5.74, 6) is 0.931. The minimum Gasteiger partial charge on any atom is -0.502 e. The number of aromatic amines is 1. The Bertz CT molecular complexity index is 987. The van der Waals surface area contributed by atoms with Gasteiger partial charge in [0.1, 0.15) is 11.9 Å². The number of phenols is 1. The molecule has 3 aromatic rings. The highest BCUT2D eigenvalue weighted by Crippen LogP contribution is 2.38. The van der Waals surface area contributed by atoms with Gasteiger partial charge in [-0.3, -0.25) is 0 Å². The molecule has 25 heavy (non-hydrogen) atoms. The number of imidazole rings is 1. The number of rotatable bonds is 4. The van der Waals surface area contributed by atoms with Crippen LogP contribution in [0.2, 0.25) is 0 Å². The molecule has 1 aromatic heterocycles. The zero-order valence-electron chi connectivity index (χ0n) is 14.1. The number of H-pyrrole nitrogens is 1. The molecule has 2 aromatic carbocycles. The van der Waals surface area contributed by atoms with E-state index in [-0.39, 0.29) is 17.2 Å². The van der Waals surface area contributed by atoms with E-state index in [9.17, 15) is 10.4 Å². The first-order valence-corrected chi connectivity index (χ1v) is 7.59. The maximum absolute atomic E-state index is 9.99. The van der Waals surface area contributed by atoms with Gasteiger partial charge in [-0.2, -0.15) is 5.26 Å². The molecule has 6 nitrogen and oxygen atoms in total. The topological polar surface area (TPSA) is 91.2 Å². The number of nitrogens with zero attached hydrogens (tertiary/aromatic N) is 2. The number of benzene rings is 2. The van der Waals surface area contributed by atoms with Crippen LogP contribution in [-0.4, -0.2) is 29.3 Å². The molecule has 0 saturated heterocycles. The number of methoxy groups -OCH3 is 2. The number of allylic oxidation sites excluding steroid dienone is 1. The second-order valence-corrected chi connectivity index (χ2v) is 5.55. The Hall–Kier alpha value is -3.46. The molecule has 1 heterocycles. The molecule has 6 heteroatoms. The van der Waals surface area contributed by atoms with E-state index in [2.05, 4.69) is 16.0 Å². The maximum Gasteiger partial charge on any atom is 0.200 e. The molecule has 0 aliphatic carbocycles. The van der Waals surface area contributed by atoms with E-state index in [1.165, 1.54) is 14.2 Å². The largest absolute Gasteiger partial charge is 0.502 e. The van der Waals surface area contributed by atoms with Gasteiger partial charge in [-0.15, -0.1) is 0 Å². The highest BCUT2D eigenvalue weighted by Gasteiger charge is 2.13. The zero-order chi connectivity index (χ0) is 18.0. The van der Waals surface area contributed by atoms with E-state index in [4.69, 9.17) is 9.47 Å². The fourth-order valence-corrected chi connectivity index (χ4v) is 2.57. The molecule has 0 aliphatic heterocycles. The van der Waals surface area contributed by atoms with Crippen molar-refractivity contribution in [3.8, 4) is 23.3 Å². The number of aryl methyl sites for hydroxylation is 1. The average molecular weight is 335 g/mol. The highest BCUT2D eigenvalue weighted by molar-refractivity contribution is 5.90. The molecule has 126 valence electrons. The van der Waals surface area contributed by atoms with Gasteiger partial charge in [0.2, 0.25) is 5.75 Å². The second kappa shape index (κ2) is 6.57. The fourth-order valence-electron chi connectivity index (χ4n) is 2.57. The van der Waals surface area contributed by atoms with Gasteiger partial charge in [0.25, 0.3) is 0 Å². The van der Waals surface area contributed by atoms with Crippen molar-refractivity contribution in [1.82, 2.24) is 9.97 Å². The van der Waals surface area contributed by atoms with Crippen LogP contribution in [0.1, 0.15) is 17.0 Å². The molecule has 0 unspecified atom stereocenters. The lowest BCUT2D eigenvalue weighted by atomic mass is 10.1. The van der Waals surface area contributed by atoms with Gasteiger partial charge >= 0.3 is 0 Å². The van der Waals surface area contributed by atoms with E-state index in [0.29, 0.717) is 17.0 Å². The van der Waals surface area contributed by atoms with Crippen LogP contribution in [0.4, 0.5) is 0 Å². The first-order valence-electron chi connectivity index (χ1n) is 7.59. The Morgan fingerprint density at radius 2 is 1.88 bits per heavy atom. The Kier molecular flexibility index (Phi) is 4.31. The number of aromatic nitrogens is 2. The van der Waals surface area contributed by atoms with Crippen LogP contribution < -0.4 is 9.47 Å². The summed E-state index contributed by atoms with van der Waals surface area (Å²) in [6, 6.07) is 11.3. The van der Waals surface area contributed by atoms with E-state index in [0.717, 1.165) is 16.6 Å². The lowest BCUT2D eigenvalue weighted by Gasteiger charge is -2.09. The van der Waals surface area contributed by atoms with Crippen molar-refractivity contribution in [2.24, 2.45) is 0 Å². The second-order valence-electron chi connectivity index (χ2n) is 5.55. The zero-order valence-corrected chi connectivity index (χ0v) is 14.1. The maximum atomic E-state index is 9.99. The first kappa shape index (κ1) is 16.4. The van der Waals surface area contributed by atoms with Gasteiger partial charge in [0.05, 0.1) is 30.8 Å². The van der Waals surface area contributed by atoms with Gasteiger partial charge in [-0.05, 0) is 48.4 Å². The predicted octanol–water partition coefficient (Wildman–Crippen LogP) is 3.66. The van der Waals surface area contributed by atoms with E-state index in [1.807, 2.05) is 25.1 Å². The Morgan fingerprint density at radius 1 is 1.20 bits per heavy atom. The monoisotopic (exact) mass is 335 g/mol. The third kappa shape index (κ3) is 3.12. The molecule has 0 bridgehead atoms. The van der Waals surface area contributed by atoms with E-state index >= 15 is 0 Å². The third-order valence-electron chi connectivity index (χ3n) is 3.83. The van der Waals surface area contributed by atoms with Crippen LogP contribution >= 0.6 is 0 Å². The van der Waals surface area contributed by atoms with Gasteiger partial charge in [-0.25, -0.2) is 4.98 Å². The Labute approximate surface area is 145 Å².